The van der Waals surface area contributed by atoms with Crippen LogP contribution in [0.3, 0.4) is 0 Å². The first-order valence-corrected chi connectivity index (χ1v) is 9.97. The number of nitrogens with zero attached hydrogens (tertiary/aromatic N) is 2. The number of rotatable bonds is 3. The molecule has 0 aliphatic carbocycles. The van der Waals surface area contributed by atoms with Crippen LogP contribution in [0.25, 0.3) is 11.0 Å². The number of ether oxygens (including phenoxy) is 1. The maximum Gasteiger partial charge on any atom is 0.262 e. The minimum atomic E-state index is -0.581. The lowest BCUT2D eigenvalue weighted by Crippen LogP contribution is -2.29. The fraction of sp³-hybridized carbons (Fsp3) is 0.611. The van der Waals surface area contributed by atoms with E-state index in [-0.39, 0.29) is 29.7 Å². The van der Waals surface area contributed by atoms with E-state index in [0.29, 0.717) is 17.0 Å². The van der Waals surface area contributed by atoms with Crippen molar-refractivity contribution in [3.05, 3.63) is 20.1 Å². The second-order valence-corrected chi connectivity index (χ2v) is 9.11. The Balaban J connectivity index is 2.03. The average Bonchev–Trinajstić information content (AvgIpc) is 3.06. The zero-order chi connectivity index (χ0) is 19.2. The molecule has 0 radical (unpaired) electrons. The second kappa shape index (κ2) is 6.95. The Bertz CT molecular complexity index is 896. The van der Waals surface area contributed by atoms with Gasteiger partial charge in [-0.2, -0.15) is 4.98 Å². The van der Waals surface area contributed by atoms with E-state index in [0.717, 1.165) is 16.4 Å². The molecule has 2 aromatic heterocycles. The van der Waals surface area contributed by atoms with Crippen molar-refractivity contribution in [2.75, 3.05) is 5.32 Å². The minimum absolute atomic E-state index is 0.151. The number of aromatic nitrogens is 3. The number of H-pyrrole nitrogens is 1. The van der Waals surface area contributed by atoms with E-state index in [2.05, 4.69) is 51.7 Å². The van der Waals surface area contributed by atoms with Gasteiger partial charge in [-0.15, -0.1) is 0 Å². The monoisotopic (exact) mass is 472 g/mol. The van der Waals surface area contributed by atoms with Crippen molar-refractivity contribution in [3.8, 4) is 0 Å². The molecule has 3 rings (SSSR count). The summed E-state index contributed by atoms with van der Waals surface area (Å²) in [6.45, 7) is 9.72. The van der Waals surface area contributed by atoms with E-state index in [9.17, 15) is 9.59 Å². The number of carbonyl (C=O) groups is 1. The van der Waals surface area contributed by atoms with Gasteiger partial charge in [0, 0.05) is 15.2 Å². The van der Waals surface area contributed by atoms with Gasteiger partial charge in [0.15, 0.2) is 5.65 Å². The van der Waals surface area contributed by atoms with Gasteiger partial charge in [-0.25, -0.2) is 0 Å². The van der Waals surface area contributed by atoms with Crippen molar-refractivity contribution < 1.29 is 9.53 Å². The summed E-state index contributed by atoms with van der Waals surface area (Å²) in [4.78, 5) is 32.0. The Morgan fingerprint density at radius 3 is 2.77 bits per heavy atom. The molecular formula is C18H25IN4O3. The SMILES string of the molecule is CC[C@H]1O[C@@H](n2cc(I)c3c(=O)[nH]c(NC(=O)C(C)(C)C)nc32)CC1C. The average molecular weight is 472 g/mol. The van der Waals surface area contributed by atoms with E-state index in [1.54, 1.807) is 0 Å². The Morgan fingerprint density at radius 2 is 2.19 bits per heavy atom. The predicted octanol–water partition coefficient (Wildman–Crippen LogP) is 3.65. The highest BCUT2D eigenvalue weighted by Crippen LogP contribution is 2.37. The van der Waals surface area contributed by atoms with Gasteiger partial charge in [0.05, 0.1) is 11.5 Å². The summed E-state index contributed by atoms with van der Waals surface area (Å²) in [6.07, 6.45) is 3.78. The van der Waals surface area contributed by atoms with Crippen LogP contribution in [-0.4, -0.2) is 26.5 Å². The molecule has 2 aromatic rings. The summed E-state index contributed by atoms with van der Waals surface area (Å²) in [5.74, 6) is 0.406. The molecular weight excluding hydrogens is 447 g/mol. The van der Waals surface area contributed by atoms with Crippen LogP contribution in [0.5, 0.6) is 0 Å². The largest absolute Gasteiger partial charge is 0.354 e. The quantitative estimate of drug-likeness (QED) is 0.668. The normalized spacial score (nSPS) is 23.5. The number of anilines is 1. The van der Waals surface area contributed by atoms with Crippen LogP contribution >= 0.6 is 22.6 Å². The fourth-order valence-corrected chi connectivity index (χ4v) is 4.01. The van der Waals surface area contributed by atoms with Gasteiger partial charge in [0.2, 0.25) is 11.9 Å². The summed E-state index contributed by atoms with van der Waals surface area (Å²) in [5.41, 5.74) is -0.306. The third kappa shape index (κ3) is 3.53. The van der Waals surface area contributed by atoms with Crippen LogP contribution in [0.4, 0.5) is 5.95 Å². The molecule has 1 fully saturated rings. The number of hydrogen-bond donors (Lipinski definition) is 2. The van der Waals surface area contributed by atoms with E-state index in [1.807, 2.05) is 31.5 Å². The lowest BCUT2D eigenvalue weighted by atomic mass is 9.96. The molecule has 0 spiro atoms. The van der Waals surface area contributed by atoms with Gasteiger partial charge in [-0.1, -0.05) is 34.6 Å². The molecule has 2 N–H and O–H groups in total. The summed E-state index contributed by atoms with van der Waals surface area (Å²) >= 11 is 2.14. The fourth-order valence-electron chi connectivity index (χ4n) is 3.22. The minimum Gasteiger partial charge on any atom is -0.354 e. The molecule has 1 saturated heterocycles. The van der Waals surface area contributed by atoms with Crippen molar-refractivity contribution >= 4 is 45.5 Å². The number of fused-ring (bicyclic) bond motifs is 1. The van der Waals surface area contributed by atoms with Gasteiger partial charge in [-0.05, 0) is 41.4 Å². The maximum absolute atomic E-state index is 12.6. The molecule has 8 heteroatoms. The third-order valence-electron chi connectivity index (χ3n) is 4.80. The predicted molar refractivity (Wildman–Crippen MR) is 109 cm³/mol. The molecule has 1 aliphatic heterocycles. The topological polar surface area (TPSA) is 89.0 Å². The standard InChI is InChI=1S/C18H25IN4O3/c1-6-11-9(2)7-12(26-11)23-8-10(19)13-14(23)20-17(21-15(13)24)22-16(25)18(3,4)5/h8-9,11-12H,6-7H2,1-5H3,(H2,20,21,22,24,25)/t9?,11-,12-/m1/s1. The number of amides is 1. The number of aromatic amines is 1. The number of carbonyl (C=O) groups excluding carboxylic acids is 1. The van der Waals surface area contributed by atoms with Crippen molar-refractivity contribution in [3.63, 3.8) is 0 Å². The Labute approximate surface area is 166 Å². The second-order valence-electron chi connectivity index (χ2n) is 7.95. The molecule has 0 saturated carbocycles. The lowest BCUT2D eigenvalue weighted by Gasteiger charge is -2.17. The van der Waals surface area contributed by atoms with Gasteiger partial charge in [0.25, 0.3) is 5.56 Å². The van der Waals surface area contributed by atoms with Crippen LogP contribution < -0.4 is 10.9 Å². The lowest BCUT2D eigenvalue weighted by molar-refractivity contribution is -0.123. The van der Waals surface area contributed by atoms with E-state index in [4.69, 9.17) is 4.74 Å². The highest BCUT2D eigenvalue weighted by Gasteiger charge is 2.33. The smallest absolute Gasteiger partial charge is 0.262 e. The number of hydrogen-bond acceptors (Lipinski definition) is 4. The molecule has 1 aliphatic rings. The summed E-state index contributed by atoms with van der Waals surface area (Å²) in [5, 5.41) is 3.23. The molecule has 3 atom stereocenters. The zero-order valence-corrected chi connectivity index (χ0v) is 17.9. The van der Waals surface area contributed by atoms with Gasteiger partial charge in [-0.3, -0.25) is 19.9 Å². The molecule has 26 heavy (non-hydrogen) atoms. The third-order valence-corrected chi connectivity index (χ3v) is 5.62. The van der Waals surface area contributed by atoms with Crippen LogP contribution in [-0.2, 0) is 9.53 Å². The molecule has 3 heterocycles. The Morgan fingerprint density at radius 1 is 1.50 bits per heavy atom. The van der Waals surface area contributed by atoms with Gasteiger partial charge in [0.1, 0.15) is 6.23 Å². The summed E-state index contributed by atoms with van der Waals surface area (Å²) in [7, 11) is 0. The molecule has 1 unspecified atom stereocenters. The number of halogens is 1. The van der Waals surface area contributed by atoms with Crippen LogP contribution in [0.15, 0.2) is 11.0 Å². The first-order chi connectivity index (χ1) is 12.1. The maximum atomic E-state index is 12.6. The highest BCUT2D eigenvalue weighted by atomic mass is 127. The highest BCUT2D eigenvalue weighted by molar-refractivity contribution is 14.1. The molecule has 142 valence electrons. The molecule has 7 nitrogen and oxygen atoms in total. The summed E-state index contributed by atoms with van der Waals surface area (Å²) < 4.78 is 8.90. The van der Waals surface area contributed by atoms with Crippen LogP contribution in [0.1, 0.15) is 53.7 Å². The van der Waals surface area contributed by atoms with E-state index < -0.39 is 5.41 Å². The van der Waals surface area contributed by atoms with Crippen molar-refractivity contribution in [2.24, 2.45) is 11.3 Å². The van der Waals surface area contributed by atoms with Crippen molar-refractivity contribution in [1.29, 1.82) is 0 Å². The van der Waals surface area contributed by atoms with Crippen LogP contribution in [0.2, 0.25) is 0 Å². The van der Waals surface area contributed by atoms with Crippen molar-refractivity contribution in [1.82, 2.24) is 14.5 Å². The van der Waals surface area contributed by atoms with Gasteiger partial charge >= 0.3 is 0 Å². The summed E-state index contributed by atoms with van der Waals surface area (Å²) in [6, 6.07) is 0. The molecule has 0 bridgehead atoms. The molecule has 0 aromatic carbocycles. The van der Waals surface area contributed by atoms with E-state index >= 15 is 0 Å². The zero-order valence-electron chi connectivity index (χ0n) is 15.7. The Hall–Kier alpha value is -1.42. The Kier molecular flexibility index (Phi) is 5.17. The van der Waals surface area contributed by atoms with Gasteiger partial charge < -0.3 is 9.30 Å². The first-order valence-electron chi connectivity index (χ1n) is 8.89. The first kappa shape index (κ1) is 19.3. The van der Waals surface area contributed by atoms with Crippen molar-refractivity contribution in [2.45, 2.75) is 59.8 Å². The van der Waals surface area contributed by atoms with E-state index in [1.165, 1.54) is 0 Å². The molecule has 1 amide bonds. The van der Waals surface area contributed by atoms with Crippen LogP contribution in [0, 0.1) is 14.9 Å². The number of nitrogens with one attached hydrogen (secondary N) is 2.